The summed E-state index contributed by atoms with van der Waals surface area (Å²) in [5.41, 5.74) is 2.47. The minimum Gasteiger partial charge on any atom is -0.467 e. The number of hydrogen-bond donors (Lipinski definition) is 1. The van der Waals surface area contributed by atoms with Crippen molar-refractivity contribution < 1.29 is 4.42 Å². The van der Waals surface area contributed by atoms with E-state index in [-0.39, 0.29) is 6.04 Å². The SMILES string of the molecule is CCNC(c1occc1C)C(C)c1ccncc1. The molecule has 0 spiro atoms. The van der Waals surface area contributed by atoms with E-state index in [4.69, 9.17) is 4.42 Å². The Hall–Kier alpha value is -1.61. The molecule has 2 unspecified atom stereocenters. The lowest BCUT2D eigenvalue weighted by atomic mass is 9.91. The molecule has 96 valence electrons. The van der Waals surface area contributed by atoms with Crippen LogP contribution in [-0.2, 0) is 0 Å². The maximum atomic E-state index is 5.64. The zero-order valence-electron chi connectivity index (χ0n) is 11.2. The van der Waals surface area contributed by atoms with E-state index in [1.807, 2.05) is 18.5 Å². The molecule has 2 heterocycles. The molecule has 1 N–H and O–H groups in total. The van der Waals surface area contributed by atoms with Crippen LogP contribution in [0.25, 0.3) is 0 Å². The number of furan rings is 1. The maximum Gasteiger partial charge on any atom is 0.124 e. The lowest BCUT2D eigenvalue weighted by Gasteiger charge is -2.24. The molecule has 0 saturated heterocycles. The summed E-state index contributed by atoms with van der Waals surface area (Å²) in [7, 11) is 0. The zero-order valence-corrected chi connectivity index (χ0v) is 11.2. The summed E-state index contributed by atoms with van der Waals surface area (Å²) in [4.78, 5) is 4.07. The Labute approximate surface area is 108 Å². The number of nitrogens with zero attached hydrogens (tertiary/aromatic N) is 1. The van der Waals surface area contributed by atoms with E-state index in [1.54, 1.807) is 6.26 Å². The van der Waals surface area contributed by atoms with Crippen LogP contribution in [0.5, 0.6) is 0 Å². The van der Waals surface area contributed by atoms with Gasteiger partial charge in [-0.3, -0.25) is 4.98 Å². The van der Waals surface area contributed by atoms with Gasteiger partial charge in [0.2, 0.25) is 0 Å². The molecule has 18 heavy (non-hydrogen) atoms. The first kappa shape index (κ1) is 12.8. The van der Waals surface area contributed by atoms with Crippen LogP contribution >= 0.6 is 0 Å². The second-order valence-corrected chi connectivity index (χ2v) is 4.57. The number of pyridine rings is 1. The molecule has 2 atom stereocenters. The highest BCUT2D eigenvalue weighted by molar-refractivity contribution is 5.25. The van der Waals surface area contributed by atoms with E-state index < -0.39 is 0 Å². The number of aryl methyl sites for hydroxylation is 1. The molecular formula is C15H20N2O. The van der Waals surface area contributed by atoms with Gasteiger partial charge in [0.1, 0.15) is 5.76 Å². The van der Waals surface area contributed by atoms with Crippen molar-refractivity contribution in [2.24, 2.45) is 0 Å². The second-order valence-electron chi connectivity index (χ2n) is 4.57. The second kappa shape index (κ2) is 5.83. The van der Waals surface area contributed by atoms with E-state index in [2.05, 4.69) is 43.2 Å². The Morgan fingerprint density at radius 1 is 1.28 bits per heavy atom. The van der Waals surface area contributed by atoms with Gasteiger partial charge in [-0.15, -0.1) is 0 Å². The van der Waals surface area contributed by atoms with E-state index in [9.17, 15) is 0 Å². The fourth-order valence-corrected chi connectivity index (χ4v) is 2.28. The Morgan fingerprint density at radius 2 is 2.00 bits per heavy atom. The number of aromatic nitrogens is 1. The summed E-state index contributed by atoms with van der Waals surface area (Å²) in [5.74, 6) is 1.37. The number of likely N-dealkylation sites (N-methyl/N-ethyl adjacent to an activating group) is 1. The predicted molar refractivity (Wildman–Crippen MR) is 72.5 cm³/mol. The molecule has 0 aliphatic rings. The van der Waals surface area contributed by atoms with Crippen molar-refractivity contribution in [1.29, 1.82) is 0 Å². The third kappa shape index (κ3) is 2.62. The molecule has 3 nitrogen and oxygen atoms in total. The van der Waals surface area contributed by atoms with Gasteiger partial charge in [-0.05, 0) is 42.8 Å². The van der Waals surface area contributed by atoms with Crippen molar-refractivity contribution in [2.45, 2.75) is 32.7 Å². The van der Waals surface area contributed by atoms with Gasteiger partial charge in [0, 0.05) is 18.3 Å². The summed E-state index contributed by atoms with van der Waals surface area (Å²) >= 11 is 0. The predicted octanol–water partition coefficient (Wildman–Crippen LogP) is 3.44. The molecule has 0 aliphatic carbocycles. The number of hydrogen-bond acceptors (Lipinski definition) is 3. The minimum absolute atomic E-state index is 0.201. The highest BCUT2D eigenvalue weighted by Gasteiger charge is 2.23. The van der Waals surface area contributed by atoms with Crippen molar-refractivity contribution >= 4 is 0 Å². The van der Waals surface area contributed by atoms with Crippen LogP contribution < -0.4 is 5.32 Å². The molecule has 3 heteroatoms. The molecule has 0 fully saturated rings. The highest BCUT2D eigenvalue weighted by atomic mass is 16.3. The lowest BCUT2D eigenvalue weighted by Crippen LogP contribution is -2.26. The Bertz CT molecular complexity index is 478. The van der Waals surface area contributed by atoms with Crippen LogP contribution in [0.3, 0.4) is 0 Å². The van der Waals surface area contributed by atoms with Gasteiger partial charge in [-0.25, -0.2) is 0 Å². The first-order valence-electron chi connectivity index (χ1n) is 6.41. The quantitative estimate of drug-likeness (QED) is 0.875. The number of nitrogens with one attached hydrogen (secondary N) is 1. The van der Waals surface area contributed by atoms with E-state index in [0.29, 0.717) is 5.92 Å². The molecule has 0 saturated carbocycles. The zero-order chi connectivity index (χ0) is 13.0. The molecule has 0 aliphatic heterocycles. The summed E-state index contributed by atoms with van der Waals surface area (Å²) in [6.45, 7) is 7.33. The summed E-state index contributed by atoms with van der Waals surface area (Å²) in [6.07, 6.45) is 5.43. The smallest absolute Gasteiger partial charge is 0.124 e. The van der Waals surface area contributed by atoms with Crippen LogP contribution in [0.2, 0.25) is 0 Å². The van der Waals surface area contributed by atoms with Gasteiger partial charge in [0.05, 0.1) is 12.3 Å². The van der Waals surface area contributed by atoms with Gasteiger partial charge >= 0.3 is 0 Å². The molecule has 2 rings (SSSR count). The molecule has 0 amide bonds. The number of rotatable bonds is 5. The Kier molecular flexibility index (Phi) is 4.15. The van der Waals surface area contributed by atoms with Crippen LogP contribution in [0.15, 0.2) is 41.3 Å². The first-order chi connectivity index (χ1) is 8.74. The topological polar surface area (TPSA) is 38.1 Å². The van der Waals surface area contributed by atoms with Crippen molar-refractivity contribution in [2.75, 3.05) is 6.54 Å². The van der Waals surface area contributed by atoms with Crippen LogP contribution in [0.4, 0.5) is 0 Å². The van der Waals surface area contributed by atoms with Crippen molar-refractivity contribution in [3.8, 4) is 0 Å². The molecule has 2 aromatic heterocycles. The standard InChI is InChI=1S/C15H20N2O/c1-4-17-14(15-11(2)7-10-18-15)12(3)13-5-8-16-9-6-13/h5-10,12,14,17H,4H2,1-3H3. The van der Waals surface area contributed by atoms with Gasteiger partial charge in [0.15, 0.2) is 0 Å². The van der Waals surface area contributed by atoms with Crippen LogP contribution in [0.1, 0.15) is 42.7 Å². The average molecular weight is 244 g/mol. The molecule has 0 bridgehead atoms. The van der Waals surface area contributed by atoms with Crippen molar-refractivity contribution in [3.63, 3.8) is 0 Å². The van der Waals surface area contributed by atoms with E-state index in [0.717, 1.165) is 12.3 Å². The van der Waals surface area contributed by atoms with Gasteiger partial charge in [-0.1, -0.05) is 13.8 Å². The van der Waals surface area contributed by atoms with Gasteiger partial charge in [0.25, 0.3) is 0 Å². The third-order valence-electron chi connectivity index (χ3n) is 3.34. The monoisotopic (exact) mass is 244 g/mol. The Balaban J connectivity index is 2.28. The molecule has 0 radical (unpaired) electrons. The molecule has 0 aromatic carbocycles. The normalized spacial score (nSPS) is 14.4. The fraction of sp³-hybridized carbons (Fsp3) is 0.400. The summed E-state index contributed by atoms with van der Waals surface area (Å²) in [5, 5.41) is 3.51. The Morgan fingerprint density at radius 3 is 2.56 bits per heavy atom. The minimum atomic E-state index is 0.201. The molecular weight excluding hydrogens is 224 g/mol. The van der Waals surface area contributed by atoms with Crippen LogP contribution in [0, 0.1) is 6.92 Å². The van der Waals surface area contributed by atoms with E-state index in [1.165, 1.54) is 11.1 Å². The third-order valence-corrected chi connectivity index (χ3v) is 3.34. The van der Waals surface area contributed by atoms with E-state index >= 15 is 0 Å². The van der Waals surface area contributed by atoms with Crippen LogP contribution in [-0.4, -0.2) is 11.5 Å². The average Bonchev–Trinajstić information content (AvgIpc) is 2.82. The first-order valence-corrected chi connectivity index (χ1v) is 6.41. The summed E-state index contributed by atoms with van der Waals surface area (Å²) < 4.78 is 5.64. The van der Waals surface area contributed by atoms with Crippen molar-refractivity contribution in [3.05, 3.63) is 53.7 Å². The summed E-state index contributed by atoms with van der Waals surface area (Å²) in [6, 6.07) is 6.34. The highest BCUT2D eigenvalue weighted by Crippen LogP contribution is 2.32. The van der Waals surface area contributed by atoms with Gasteiger partial charge < -0.3 is 9.73 Å². The lowest BCUT2D eigenvalue weighted by molar-refractivity contribution is 0.379. The largest absolute Gasteiger partial charge is 0.467 e. The van der Waals surface area contributed by atoms with Gasteiger partial charge in [-0.2, -0.15) is 0 Å². The molecule has 2 aromatic rings. The maximum absolute atomic E-state index is 5.64. The van der Waals surface area contributed by atoms with Crippen molar-refractivity contribution in [1.82, 2.24) is 10.3 Å². The fourth-order valence-electron chi connectivity index (χ4n) is 2.28.